The molecule has 6 heteroatoms. The summed E-state index contributed by atoms with van der Waals surface area (Å²) in [7, 11) is 2.61. The van der Waals surface area contributed by atoms with Gasteiger partial charge in [0.15, 0.2) is 0 Å². The molecule has 2 N–H and O–H groups in total. The van der Waals surface area contributed by atoms with Crippen LogP contribution in [0.5, 0.6) is 0 Å². The third kappa shape index (κ3) is 5.93. The topological polar surface area (TPSA) is 52.3 Å². The van der Waals surface area contributed by atoms with Gasteiger partial charge in [-0.1, -0.05) is 38.8 Å². The fourth-order valence-electron chi connectivity index (χ4n) is 1.06. The zero-order chi connectivity index (χ0) is 14.1. The third-order valence-corrected chi connectivity index (χ3v) is 3.03. The maximum Gasteiger partial charge on any atom is 0.339 e. The molecule has 0 saturated carbocycles. The van der Waals surface area contributed by atoms with E-state index in [9.17, 15) is 4.79 Å². The van der Waals surface area contributed by atoms with Crippen molar-refractivity contribution in [2.75, 3.05) is 12.8 Å². The van der Waals surface area contributed by atoms with Gasteiger partial charge in [0.25, 0.3) is 0 Å². The van der Waals surface area contributed by atoms with E-state index in [0.29, 0.717) is 11.3 Å². The molecule has 1 aromatic rings. The van der Waals surface area contributed by atoms with Crippen molar-refractivity contribution >= 4 is 53.4 Å². The van der Waals surface area contributed by atoms with Gasteiger partial charge in [0.05, 0.1) is 23.3 Å². The lowest BCUT2D eigenvalue weighted by atomic mass is 10.1. The first-order valence-electron chi connectivity index (χ1n) is 5.06. The number of esters is 1. The van der Waals surface area contributed by atoms with Gasteiger partial charge < -0.3 is 10.5 Å². The average Bonchev–Trinajstić information content (AvgIpc) is 2.40. The van der Waals surface area contributed by atoms with Gasteiger partial charge in [-0.05, 0) is 26.3 Å². The Bertz CT molecular complexity index is 484. The third-order valence-electron chi connectivity index (χ3n) is 1.79. The molecule has 0 heterocycles. The minimum Gasteiger partial charge on any atom is -0.465 e. The summed E-state index contributed by atoms with van der Waals surface area (Å²) in [6.45, 7) is 4.00. The van der Waals surface area contributed by atoms with Crippen LogP contribution < -0.4 is 5.73 Å². The van der Waals surface area contributed by atoms with Gasteiger partial charge in [-0.25, -0.2) is 4.79 Å². The Balaban J connectivity index is 0. The van der Waals surface area contributed by atoms with E-state index in [0.717, 1.165) is 0 Å². The van der Waals surface area contributed by atoms with Crippen molar-refractivity contribution in [3.63, 3.8) is 0 Å². The van der Waals surface area contributed by atoms with Crippen molar-refractivity contribution in [2.45, 2.75) is 21.3 Å². The highest BCUT2D eigenvalue weighted by Crippen LogP contribution is 2.26. The van der Waals surface area contributed by atoms with Crippen LogP contribution >= 0.6 is 41.7 Å². The van der Waals surface area contributed by atoms with Crippen LogP contribution in [-0.4, -0.2) is 13.1 Å². The molecule has 0 bridgehead atoms. The number of anilines is 1. The first-order valence-corrected chi connectivity index (χ1v) is 8.80. The van der Waals surface area contributed by atoms with Crippen LogP contribution in [0.3, 0.4) is 0 Å². The number of hydrogen-bond acceptors (Lipinski definition) is 4. The first kappa shape index (κ1) is 20.7. The Morgan fingerprint density at radius 1 is 1.47 bits per heavy atom. The Morgan fingerprint density at radius 3 is 2.53 bits per heavy atom. The molecule has 0 saturated heterocycles. The van der Waals surface area contributed by atoms with Crippen LogP contribution in [0.1, 0.15) is 37.2 Å². The SMILES string of the molecule is C.CC.COC(=O)c1ccc(N)c(C#CSI)c1Cl. The van der Waals surface area contributed by atoms with Crippen molar-refractivity contribution in [3.05, 3.63) is 28.3 Å². The Morgan fingerprint density at radius 2 is 2.05 bits per heavy atom. The summed E-state index contributed by atoms with van der Waals surface area (Å²) in [6, 6.07) is 3.10. The number of nitrogens with two attached hydrogens (primary N) is 1. The Labute approximate surface area is 136 Å². The normalized spacial score (nSPS) is 8.05. The van der Waals surface area contributed by atoms with Crippen molar-refractivity contribution in [3.8, 4) is 11.2 Å². The highest BCUT2D eigenvalue weighted by atomic mass is 127. The van der Waals surface area contributed by atoms with Gasteiger partial charge in [-0.3, -0.25) is 0 Å². The minimum absolute atomic E-state index is 0. The number of benzene rings is 1. The molecule has 3 nitrogen and oxygen atoms in total. The van der Waals surface area contributed by atoms with Crippen LogP contribution in [0.2, 0.25) is 5.02 Å². The summed E-state index contributed by atoms with van der Waals surface area (Å²) in [6.07, 6.45) is 0. The summed E-state index contributed by atoms with van der Waals surface area (Å²) in [5, 5.41) is 2.99. The van der Waals surface area contributed by atoms with Gasteiger partial charge in [0.2, 0.25) is 0 Å². The van der Waals surface area contributed by atoms with Crippen molar-refractivity contribution < 1.29 is 9.53 Å². The van der Waals surface area contributed by atoms with Crippen LogP contribution in [-0.2, 0) is 4.74 Å². The Hall–Kier alpha value is -0.580. The lowest BCUT2D eigenvalue weighted by Gasteiger charge is -2.06. The predicted octanol–water partition coefficient (Wildman–Crippen LogP) is 4.76. The highest BCUT2D eigenvalue weighted by Gasteiger charge is 2.14. The van der Waals surface area contributed by atoms with E-state index < -0.39 is 5.97 Å². The number of rotatable bonds is 1. The first-order chi connectivity index (χ1) is 8.61. The Kier molecular flexibility index (Phi) is 12.3. The number of halogens is 2. The van der Waals surface area contributed by atoms with Crippen molar-refractivity contribution in [2.24, 2.45) is 0 Å². The molecule has 0 aliphatic carbocycles. The van der Waals surface area contributed by atoms with E-state index in [2.05, 4.69) is 15.9 Å². The molecule has 0 aliphatic rings. The second kappa shape index (κ2) is 11.3. The second-order valence-corrected chi connectivity index (χ2v) is 4.74. The molecule has 0 aliphatic heterocycles. The molecule has 0 spiro atoms. The van der Waals surface area contributed by atoms with Crippen LogP contribution in [0.25, 0.3) is 0 Å². The number of methoxy groups -OCH3 is 1. The number of carbonyl (C=O) groups is 1. The maximum atomic E-state index is 11.4. The van der Waals surface area contributed by atoms with Crippen LogP contribution in [0.15, 0.2) is 12.1 Å². The molecular weight excluding hydrogens is 397 g/mol. The van der Waals surface area contributed by atoms with E-state index in [1.807, 2.05) is 35.1 Å². The molecule has 0 unspecified atom stereocenters. The second-order valence-electron chi connectivity index (χ2n) is 2.69. The maximum absolute atomic E-state index is 11.4. The molecule has 1 aromatic carbocycles. The standard InChI is InChI=1S/C10H7ClINO2S.C2H6.CH4/c1-15-10(14)7-2-3-8(13)6(9(7)11)4-5-16-12;1-2;/h2-3H,13H2,1H3;1-2H3;1H4. The predicted molar refractivity (Wildman–Crippen MR) is 93.8 cm³/mol. The van der Waals surface area contributed by atoms with Crippen LogP contribution in [0, 0.1) is 11.2 Å². The van der Waals surface area contributed by atoms with E-state index >= 15 is 0 Å². The minimum atomic E-state index is -0.504. The monoisotopic (exact) mass is 413 g/mol. The number of ether oxygens (including phenoxy) is 1. The van der Waals surface area contributed by atoms with Gasteiger partial charge in [-0.15, -0.1) is 0 Å². The fourth-order valence-corrected chi connectivity index (χ4v) is 1.82. The zero-order valence-corrected chi connectivity index (χ0v) is 13.9. The molecule has 1 rings (SSSR count). The molecule has 0 amide bonds. The lowest BCUT2D eigenvalue weighted by molar-refractivity contribution is 0.0601. The number of carbonyl (C=O) groups excluding carboxylic acids is 1. The van der Waals surface area contributed by atoms with Gasteiger partial charge in [0, 0.05) is 26.9 Å². The highest BCUT2D eigenvalue weighted by molar-refractivity contribution is 14.2. The summed E-state index contributed by atoms with van der Waals surface area (Å²) in [5.74, 6) is 2.29. The lowest BCUT2D eigenvalue weighted by Crippen LogP contribution is -2.04. The van der Waals surface area contributed by atoms with E-state index in [1.54, 1.807) is 6.07 Å². The fraction of sp³-hybridized carbons (Fsp3) is 0.308. The number of hydrogen-bond donors (Lipinski definition) is 1. The molecule has 0 atom stereocenters. The number of nitrogen functional groups attached to an aromatic ring is 1. The summed E-state index contributed by atoms with van der Waals surface area (Å²) in [5.41, 5.74) is 6.88. The van der Waals surface area contributed by atoms with E-state index in [4.69, 9.17) is 17.3 Å². The smallest absolute Gasteiger partial charge is 0.339 e. The molecule has 0 aromatic heterocycles. The summed E-state index contributed by atoms with van der Waals surface area (Å²) < 4.78 is 4.60. The molecule has 0 radical (unpaired) electrons. The van der Waals surface area contributed by atoms with Gasteiger partial charge in [0.1, 0.15) is 0 Å². The molecule has 0 fully saturated rings. The average molecular weight is 414 g/mol. The van der Waals surface area contributed by atoms with Gasteiger partial charge in [-0.2, -0.15) is 0 Å². The van der Waals surface area contributed by atoms with E-state index in [1.165, 1.54) is 22.1 Å². The van der Waals surface area contributed by atoms with Gasteiger partial charge >= 0.3 is 5.97 Å². The summed E-state index contributed by atoms with van der Waals surface area (Å²) >= 11 is 8.06. The van der Waals surface area contributed by atoms with E-state index in [-0.39, 0.29) is 18.0 Å². The zero-order valence-electron chi connectivity index (χ0n) is 10.2. The van der Waals surface area contributed by atoms with Crippen molar-refractivity contribution in [1.29, 1.82) is 0 Å². The summed E-state index contributed by atoms with van der Waals surface area (Å²) in [4.78, 5) is 11.4. The quantitative estimate of drug-likeness (QED) is 0.312. The molecule has 106 valence electrons. The largest absolute Gasteiger partial charge is 0.465 e. The molecule has 19 heavy (non-hydrogen) atoms. The van der Waals surface area contributed by atoms with Crippen molar-refractivity contribution in [1.82, 2.24) is 0 Å². The molecular formula is C13H17ClINO2S. The van der Waals surface area contributed by atoms with Crippen LogP contribution in [0.4, 0.5) is 5.69 Å².